The fourth-order valence-electron chi connectivity index (χ4n) is 3.33. The summed E-state index contributed by atoms with van der Waals surface area (Å²) in [5, 5.41) is -0.0161. The summed E-state index contributed by atoms with van der Waals surface area (Å²) in [5.41, 5.74) is 1.13. The Balaban J connectivity index is 2.68. The number of ketones is 1. The second-order valence-corrected chi connectivity index (χ2v) is 17.0. The summed E-state index contributed by atoms with van der Waals surface area (Å²) in [6, 6.07) is 7.69. The molecule has 1 aromatic rings. The minimum atomic E-state index is -2.18. The molecular formula is C28H48O3SSi. The number of hydrogen-bond donors (Lipinski definition) is 0. The molecule has 0 radical (unpaired) electrons. The molecule has 0 fully saturated rings. The van der Waals surface area contributed by atoms with E-state index >= 15 is 0 Å². The highest BCUT2D eigenvalue weighted by Gasteiger charge is 2.40. The maximum atomic E-state index is 13.1. The molecule has 0 aliphatic rings. The monoisotopic (exact) mass is 492 g/mol. The summed E-state index contributed by atoms with van der Waals surface area (Å²) in [6.45, 7) is 15.0. The van der Waals surface area contributed by atoms with E-state index in [1.807, 2.05) is 37.3 Å². The Morgan fingerprint density at radius 2 is 1.55 bits per heavy atom. The predicted molar refractivity (Wildman–Crippen MR) is 146 cm³/mol. The van der Waals surface area contributed by atoms with Crippen molar-refractivity contribution in [2.45, 2.75) is 122 Å². The van der Waals surface area contributed by atoms with Crippen molar-refractivity contribution in [2.24, 2.45) is 0 Å². The topological polar surface area (TPSA) is 43.4 Å². The summed E-state index contributed by atoms with van der Waals surface area (Å²) >= 11 is 0. The highest BCUT2D eigenvalue weighted by Crippen LogP contribution is 2.37. The van der Waals surface area contributed by atoms with E-state index in [1.165, 1.54) is 44.9 Å². The lowest BCUT2D eigenvalue weighted by Gasteiger charge is -2.38. The maximum Gasteiger partial charge on any atom is 0.193 e. The smallest absolute Gasteiger partial charge is 0.193 e. The van der Waals surface area contributed by atoms with E-state index in [2.05, 4.69) is 40.8 Å². The fraction of sp³-hybridized carbons (Fsp3) is 0.679. The molecule has 1 rings (SSSR count). The summed E-state index contributed by atoms with van der Waals surface area (Å²) < 4.78 is 19.5. The molecule has 0 amide bonds. The van der Waals surface area contributed by atoms with Gasteiger partial charge in [-0.15, -0.1) is 0 Å². The van der Waals surface area contributed by atoms with Crippen LogP contribution in [-0.4, -0.2) is 30.2 Å². The Morgan fingerprint density at radius 1 is 1.00 bits per heavy atom. The first-order chi connectivity index (χ1) is 15.5. The van der Waals surface area contributed by atoms with E-state index in [9.17, 15) is 9.00 Å². The third kappa shape index (κ3) is 11.8. The summed E-state index contributed by atoms with van der Waals surface area (Å²) in [4.78, 5) is 13.8. The zero-order chi connectivity index (χ0) is 24.9. The molecule has 1 unspecified atom stereocenters. The number of unbranched alkanes of at least 4 members (excludes halogenated alkanes) is 8. The van der Waals surface area contributed by atoms with E-state index in [-0.39, 0.29) is 16.6 Å². The maximum absolute atomic E-state index is 13.1. The fourth-order valence-corrected chi connectivity index (χ4v) is 5.86. The first kappa shape index (κ1) is 30.0. The molecule has 0 spiro atoms. The first-order valence-electron chi connectivity index (χ1n) is 12.8. The first-order valence-corrected chi connectivity index (χ1v) is 17.0. The van der Waals surface area contributed by atoms with Crippen LogP contribution in [0.3, 0.4) is 0 Å². The standard InChI is InChI=1S/C28H48O3SSi/c1-8-9-10-11-12-13-14-15-16-17-18-26(29)27(31-33(6,7)28(3,4)5)23-32(30)25-21-19-24(2)20-22-25/h17-22,27H,8-16,23H2,1-7H3/b18-17-/t27-,32?/m1/s1. The number of benzene rings is 1. The van der Waals surface area contributed by atoms with Gasteiger partial charge in [0.1, 0.15) is 6.10 Å². The zero-order valence-electron chi connectivity index (χ0n) is 22.2. The molecule has 0 heterocycles. The molecule has 0 saturated heterocycles. The lowest BCUT2D eigenvalue weighted by Crippen LogP contribution is -2.47. The van der Waals surface area contributed by atoms with Crippen LogP contribution in [0.2, 0.25) is 18.1 Å². The number of aryl methyl sites for hydroxylation is 1. The van der Waals surface area contributed by atoms with E-state index in [0.29, 0.717) is 0 Å². The zero-order valence-corrected chi connectivity index (χ0v) is 24.1. The van der Waals surface area contributed by atoms with Gasteiger partial charge in [-0.05, 0) is 56.1 Å². The minimum Gasteiger partial charge on any atom is -0.406 e. The van der Waals surface area contributed by atoms with Crippen molar-refractivity contribution >= 4 is 24.9 Å². The van der Waals surface area contributed by atoms with Crippen LogP contribution in [0.4, 0.5) is 0 Å². The number of carbonyl (C=O) groups excluding carboxylic acids is 1. The molecule has 5 heteroatoms. The minimum absolute atomic E-state index is 0.0161. The van der Waals surface area contributed by atoms with Gasteiger partial charge in [0.15, 0.2) is 14.1 Å². The van der Waals surface area contributed by atoms with Gasteiger partial charge in [-0.1, -0.05) is 96.4 Å². The normalized spacial score (nSPS) is 14.5. The van der Waals surface area contributed by atoms with Crippen LogP contribution in [0.15, 0.2) is 41.3 Å². The van der Waals surface area contributed by atoms with Crippen molar-refractivity contribution < 1.29 is 13.4 Å². The number of hydrogen-bond acceptors (Lipinski definition) is 3. The van der Waals surface area contributed by atoms with Crippen molar-refractivity contribution in [3.63, 3.8) is 0 Å². The van der Waals surface area contributed by atoms with Crippen molar-refractivity contribution in [2.75, 3.05) is 5.75 Å². The lowest BCUT2D eigenvalue weighted by atomic mass is 10.1. The Labute approximate surface area is 207 Å². The van der Waals surface area contributed by atoms with Crippen LogP contribution in [0.5, 0.6) is 0 Å². The molecule has 0 aliphatic heterocycles. The highest BCUT2D eigenvalue weighted by molar-refractivity contribution is 7.85. The van der Waals surface area contributed by atoms with Crippen molar-refractivity contribution in [1.82, 2.24) is 0 Å². The molecule has 0 saturated carbocycles. The molecule has 0 aromatic heterocycles. The molecule has 0 N–H and O–H groups in total. The Kier molecular flexibility index (Phi) is 13.7. The van der Waals surface area contributed by atoms with Crippen LogP contribution in [-0.2, 0) is 20.0 Å². The number of rotatable bonds is 16. The number of carbonyl (C=O) groups is 1. The largest absolute Gasteiger partial charge is 0.406 e. The van der Waals surface area contributed by atoms with Crippen molar-refractivity contribution in [1.29, 1.82) is 0 Å². The van der Waals surface area contributed by atoms with Gasteiger partial charge in [0.05, 0.1) is 16.6 Å². The van der Waals surface area contributed by atoms with E-state index < -0.39 is 25.2 Å². The second-order valence-electron chi connectivity index (χ2n) is 10.8. The average molecular weight is 493 g/mol. The Hall–Kier alpha value is -1.04. The third-order valence-corrected chi connectivity index (χ3v) is 12.5. The average Bonchev–Trinajstić information content (AvgIpc) is 2.74. The predicted octanol–water partition coefficient (Wildman–Crippen LogP) is 8.15. The lowest BCUT2D eigenvalue weighted by molar-refractivity contribution is -0.120. The van der Waals surface area contributed by atoms with Crippen LogP contribution in [0, 0.1) is 6.92 Å². The highest BCUT2D eigenvalue weighted by atomic mass is 32.2. The molecule has 2 atom stereocenters. The molecule has 1 aromatic carbocycles. The van der Waals surface area contributed by atoms with E-state index in [0.717, 1.165) is 23.3 Å². The molecular weight excluding hydrogens is 444 g/mol. The van der Waals surface area contributed by atoms with Crippen LogP contribution < -0.4 is 0 Å². The van der Waals surface area contributed by atoms with Gasteiger partial charge in [0.2, 0.25) is 0 Å². The third-order valence-electron chi connectivity index (χ3n) is 6.65. The van der Waals surface area contributed by atoms with Crippen LogP contribution in [0.1, 0.15) is 91.0 Å². The van der Waals surface area contributed by atoms with E-state index in [1.54, 1.807) is 6.08 Å². The summed E-state index contributed by atoms with van der Waals surface area (Å²) in [7, 11) is -3.45. The SMILES string of the molecule is CCCCCCCCCC/C=C\C(=O)[C@@H](CS(=O)c1ccc(C)cc1)O[Si](C)(C)C(C)(C)C. The van der Waals surface area contributed by atoms with Crippen LogP contribution >= 0.6 is 0 Å². The van der Waals surface area contributed by atoms with Gasteiger partial charge in [-0.25, -0.2) is 0 Å². The van der Waals surface area contributed by atoms with Crippen LogP contribution in [0.25, 0.3) is 0 Å². The van der Waals surface area contributed by atoms with Gasteiger partial charge in [0, 0.05) is 4.90 Å². The summed E-state index contributed by atoms with van der Waals surface area (Å²) in [6.07, 6.45) is 14.1. The molecule has 3 nitrogen and oxygen atoms in total. The van der Waals surface area contributed by atoms with Gasteiger partial charge in [-0.3, -0.25) is 9.00 Å². The van der Waals surface area contributed by atoms with Gasteiger partial charge >= 0.3 is 0 Å². The van der Waals surface area contributed by atoms with Crippen molar-refractivity contribution in [3.05, 3.63) is 42.0 Å². The molecule has 33 heavy (non-hydrogen) atoms. The quantitative estimate of drug-likeness (QED) is 0.133. The Morgan fingerprint density at radius 3 is 2.09 bits per heavy atom. The molecule has 0 bridgehead atoms. The summed E-state index contributed by atoms with van der Waals surface area (Å²) in [5.74, 6) is 0.149. The van der Waals surface area contributed by atoms with Gasteiger partial charge in [0.25, 0.3) is 0 Å². The Bertz CT molecular complexity index is 747. The molecule has 188 valence electrons. The molecule has 0 aliphatic carbocycles. The van der Waals surface area contributed by atoms with Gasteiger partial charge in [-0.2, -0.15) is 0 Å². The second kappa shape index (κ2) is 15.1. The van der Waals surface area contributed by atoms with Crippen molar-refractivity contribution in [3.8, 4) is 0 Å². The van der Waals surface area contributed by atoms with Gasteiger partial charge < -0.3 is 4.43 Å². The number of allylic oxidation sites excluding steroid dienone is 1. The van der Waals surface area contributed by atoms with E-state index in [4.69, 9.17) is 4.43 Å².